The van der Waals surface area contributed by atoms with Gasteiger partial charge in [0.2, 0.25) is 0 Å². The predicted molar refractivity (Wildman–Crippen MR) is 75.8 cm³/mol. The quantitative estimate of drug-likeness (QED) is 0.875. The number of nitrogens with two attached hydrogens (primary N) is 1. The van der Waals surface area contributed by atoms with Gasteiger partial charge in [-0.2, -0.15) is 0 Å². The molecular weight excluding hydrogens is 305 g/mol. The number of ether oxygens (including phenoxy) is 1. The Labute approximate surface area is 117 Å². The fourth-order valence-electron chi connectivity index (χ4n) is 1.53. The van der Waals surface area contributed by atoms with Crippen LogP contribution in [0.5, 0.6) is 5.75 Å². The molecule has 1 aromatic rings. The first-order valence-electron chi connectivity index (χ1n) is 5.46. The van der Waals surface area contributed by atoms with Crippen molar-refractivity contribution in [3.63, 3.8) is 0 Å². The van der Waals surface area contributed by atoms with E-state index in [1.54, 1.807) is 0 Å². The van der Waals surface area contributed by atoms with Gasteiger partial charge in [-0.05, 0) is 31.5 Å². The Morgan fingerprint density at radius 2 is 2.06 bits per heavy atom. The number of benzene rings is 1. The van der Waals surface area contributed by atoms with Crippen molar-refractivity contribution in [1.29, 1.82) is 0 Å². The van der Waals surface area contributed by atoms with E-state index in [4.69, 9.17) is 10.5 Å². The van der Waals surface area contributed by atoms with E-state index in [0.29, 0.717) is 13.0 Å². The Hall–Kier alpha value is -0.290. The summed E-state index contributed by atoms with van der Waals surface area (Å²) in [6, 6.07) is 5.25. The van der Waals surface area contributed by atoms with E-state index in [1.165, 1.54) is 0 Å². The molecule has 0 aliphatic rings. The molecule has 0 aliphatic carbocycles. The van der Waals surface area contributed by atoms with Gasteiger partial charge in [0, 0.05) is 10.0 Å². The molecule has 3 nitrogen and oxygen atoms in total. The van der Waals surface area contributed by atoms with Crippen LogP contribution in [0, 0.1) is 0 Å². The number of aliphatic hydroxyl groups excluding tert-OH is 1. The minimum atomic E-state index is -0.548. The third-order valence-corrected chi connectivity index (χ3v) is 2.96. The number of hydrogen-bond donors (Lipinski definition) is 2. The first-order valence-corrected chi connectivity index (χ1v) is 6.25. The number of hydrogen-bond acceptors (Lipinski definition) is 3. The van der Waals surface area contributed by atoms with Crippen LogP contribution in [0.15, 0.2) is 22.7 Å². The maximum atomic E-state index is 9.77. The Balaban J connectivity index is 0.00000256. The highest BCUT2D eigenvalue weighted by atomic mass is 79.9. The molecule has 0 bridgehead atoms. The lowest BCUT2D eigenvalue weighted by Gasteiger charge is -2.20. The van der Waals surface area contributed by atoms with E-state index in [9.17, 15) is 5.11 Å². The summed E-state index contributed by atoms with van der Waals surface area (Å²) in [6.45, 7) is 4.42. The molecule has 0 saturated carbocycles. The van der Waals surface area contributed by atoms with Crippen LogP contribution in [0.25, 0.3) is 0 Å². The van der Waals surface area contributed by atoms with Crippen LogP contribution in [-0.4, -0.2) is 17.8 Å². The van der Waals surface area contributed by atoms with Crippen LogP contribution in [0.4, 0.5) is 0 Å². The molecule has 2 atom stereocenters. The minimum Gasteiger partial charge on any atom is -0.494 e. The van der Waals surface area contributed by atoms with Gasteiger partial charge in [-0.25, -0.2) is 0 Å². The lowest BCUT2D eigenvalue weighted by Crippen LogP contribution is -2.26. The zero-order valence-electron chi connectivity index (χ0n) is 10.0. The summed E-state index contributed by atoms with van der Waals surface area (Å²) in [6.07, 6.45) is 0.0766. The van der Waals surface area contributed by atoms with Gasteiger partial charge in [-0.1, -0.05) is 22.9 Å². The molecule has 98 valence electrons. The van der Waals surface area contributed by atoms with Gasteiger partial charge in [-0.15, -0.1) is 12.4 Å². The van der Waals surface area contributed by atoms with Crippen LogP contribution in [-0.2, 0) is 0 Å². The van der Waals surface area contributed by atoms with Crippen LogP contribution >= 0.6 is 28.3 Å². The van der Waals surface area contributed by atoms with E-state index in [2.05, 4.69) is 15.9 Å². The minimum absolute atomic E-state index is 0. The number of rotatable bonds is 5. The molecule has 0 unspecified atom stereocenters. The number of aliphatic hydroxyl groups is 1. The second-order valence-electron chi connectivity index (χ2n) is 3.62. The zero-order chi connectivity index (χ0) is 12.1. The predicted octanol–water partition coefficient (Wildman–Crippen LogP) is 3.04. The van der Waals surface area contributed by atoms with Crippen molar-refractivity contribution in [2.75, 3.05) is 6.61 Å². The van der Waals surface area contributed by atoms with E-state index in [0.717, 1.165) is 15.8 Å². The zero-order valence-corrected chi connectivity index (χ0v) is 12.4. The summed E-state index contributed by atoms with van der Waals surface area (Å²) in [4.78, 5) is 0. The SMILES string of the molecule is CCOc1ccc(Br)cc1[C@@H](N)[C@@H](O)CC.Cl. The fourth-order valence-corrected chi connectivity index (χ4v) is 1.91. The van der Waals surface area contributed by atoms with E-state index < -0.39 is 12.1 Å². The summed E-state index contributed by atoms with van der Waals surface area (Å²) in [5.41, 5.74) is 6.84. The second kappa shape index (κ2) is 7.93. The highest BCUT2D eigenvalue weighted by Gasteiger charge is 2.19. The molecule has 17 heavy (non-hydrogen) atoms. The highest BCUT2D eigenvalue weighted by Crippen LogP contribution is 2.29. The summed E-state index contributed by atoms with van der Waals surface area (Å²) < 4.78 is 6.43. The smallest absolute Gasteiger partial charge is 0.124 e. The van der Waals surface area contributed by atoms with Crippen LogP contribution in [0.1, 0.15) is 31.9 Å². The third kappa shape index (κ3) is 4.47. The van der Waals surface area contributed by atoms with Gasteiger partial charge in [0.05, 0.1) is 18.8 Å². The van der Waals surface area contributed by atoms with E-state index >= 15 is 0 Å². The number of halogens is 2. The normalized spacial score (nSPS) is 13.7. The highest BCUT2D eigenvalue weighted by molar-refractivity contribution is 9.10. The first kappa shape index (κ1) is 16.7. The lowest BCUT2D eigenvalue weighted by molar-refractivity contribution is 0.139. The first-order chi connectivity index (χ1) is 7.60. The molecule has 3 N–H and O–H groups in total. The summed E-state index contributed by atoms with van der Waals surface area (Å²) in [5.74, 6) is 0.741. The molecule has 0 aliphatic heterocycles. The average molecular weight is 325 g/mol. The van der Waals surface area contributed by atoms with Gasteiger partial charge >= 0.3 is 0 Å². The van der Waals surface area contributed by atoms with Crippen molar-refractivity contribution in [1.82, 2.24) is 0 Å². The molecule has 0 spiro atoms. The van der Waals surface area contributed by atoms with Crippen LogP contribution < -0.4 is 10.5 Å². The van der Waals surface area contributed by atoms with Gasteiger partial charge in [0.25, 0.3) is 0 Å². The standard InChI is InChI=1S/C12H18BrNO2.ClH/c1-3-10(15)12(14)9-7-8(13)5-6-11(9)16-4-2;/h5-7,10,12,15H,3-4,14H2,1-2H3;1H/t10-,12+;/m0./s1. The molecule has 5 heteroatoms. The van der Waals surface area contributed by atoms with E-state index in [-0.39, 0.29) is 12.4 Å². The molecule has 1 rings (SSSR count). The summed E-state index contributed by atoms with van der Waals surface area (Å²) >= 11 is 3.39. The van der Waals surface area contributed by atoms with E-state index in [1.807, 2.05) is 32.0 Å². The van der Waals surface area contributed by atoms with Crippen molar-refractivity contribution in [2.45, 2.75) is 32.4 Å². The van der Waals surface area contributed by atoms with Gasteiger partial charge in [-0.3, -0.25) is 0 Å². The topological polar surface area (TPSA) is 55.5 Å². The Bertz CT molecular complexity index is 349. The van der Waals surface area contributed by atoms with Crippen molar-refractivity contribution in [3.8, 4) is 5.75 Å². The summed E-state index contributed by atoms with van der Waals surface area (Å²) in [5, 5.41) is 9.77. The van der Waals surface area contributed by atoms with Crippen molar-refractivity contribution in [3.05, 3.63) is 28.2 Å². The van der Waals surface area contributed by atoms with Gasteiger partial charge in [0.1, 0.15) is 5.75 Å². The molecule has 0 saturated heterocycles. The molecule has 0 radical (unpaired) electrons. The second-order valence-corrected chi connectivity index (χ2v) is 4.53. The molecule has 0 heterocycles. The fraction of sp³-hybridized carbons (Fsp3) is 0.500. The van der Waals surface area contributed by atoms with Gasteiger partial charge in [0.15, 0.2) is 0 Å². The monoisotopic (exact) mass is 323 g/mol. The molecule has 0 amide bonds. The summed E-state index contributed by atoms with van der Waals surface area (Å²) in [7, 11) is 0. The maximum Gasteiger partial charge on any atom is 0.124 e. The molecule has 0 aromatic heterocycles. The molecule has 1 aromatic carbocycles. The van der Waals surface area contributed by atoms with Crippen LogP contribution in [0.2, 0.25) is 0 Å². The van der Waals surface area contributed by atoms with Crippen molar-refractivity contribution < 1.29 is 9.84 Å². The lowest BCUT2D eigenvalue weighted by atomic mass is 10.00. The Morgan fingerprint density at radius 1 is 1.41 bits per heavy atom. The molecular formula is C12H19BrClNO2. The maximum absolute atomic E-state index is 9.77. The molecule has 0 fully saturated rings. The Morgan fingerprint density at radius 3 is 2.59 bits per heavy atom. The van der Waals surface area contributed by atoms with Gasteiger partial charge < -0.3 is 15.6 Å². The van der Waals surface area contributed by atoms with Crippen molar-refractivity contribution >= 4 is 28.3 Å². The average Bonchev–Trinajstić information content (AvgIpc) is 2.29. The van der Waals surface area contributed by atoms with Crippen LogP contribution in [0.3, 0.4) is 0 Å². The third-order valence-electron chi connectivity index (χ3n) is 2.46. The Kier molecular flexibility index (Phi) is 7.79. The largest absolute Gasteiger partial charge is 0.494 e. The van der Waals surface area contributed by atoms with Crippen molar-refractivity contribution in [2.24, 2.45) is 5.73 Å².